The molecule has 0 amide bonds. The minimum atomic E-state index is 0.0625. The molecule has 2 aromatic carbocycles. The molecule has 3 nitrogen and oxygen atoms in total. The van der Waals surface area contributed by atoms with Crippen LogP contribution in [0.25, 0.3) is 10.8 Å². The normalized spacial score (nSPS) is 10.4. The lowest BCUT2D eigenvalue weighted by molar-refractivity contribution is 0.101. The van der Waals surface area contributed by atoms with E-state index < -0.39 is 0 Å². The van der Waals surface area contributed by atoms with Crippen molar-refractivity contribution < 1.29 is 4.79 Å². The summed E-state index contributed by atoms with van der Waals surface area (Å²) in [6.07, 6.45) is 3.48. The summed E-state index contributed by atoms with van der Waals surface area (Å²) in [4.78, 5) is 16.4. The summed E-state index contributed by atoms with van der Waals surface area (Å²) in [5, 5.41) is 5.07. The molecule has 0 aliphatic heterocycles. The monoisotopic (exact) mass is 262 g/mol. The molecule has 0 saturated heterocycles. The Kier molecular flexibility index (Phi) is 3.42. The molecule has 0 atom stereocenters. The van der Waals surface area contributed by atoms with Crippen molar-refractivity contribution >= 4 is 22.2 Å². The van der Waals surface area contributed by atoms with E-state index in [0.29, 0.717) is 5.56 Å². The molecule has 1 heterocycles. The maximum absolute atomic E-state index is 12.3. The summed E-state index contributed by atoms with van der Waals surface area (Å²) in [5.74, 6) is 0.0625. The minimum absolute atomic E-state index is 0.0625. The Labute approximate surface area is 117 Å². The highest BCUT2D eigenvalue weighted by atomic mass is 16.1. The molecule has 0 aliphatic rings. The standard InChI is InChI=1S/C17H14N2O/c20-17(12-19-14-6-2-1-3-7-14)15-8-4-5-13-9-10-18-11-16(13)15/h1-11,19H,12H2. The molecule has 0 unspecified atom stereocenters. The Hall–Kier alpha value is -2.68. The molecular weight excluding hydrogens is 248 g/mol. The van der Waals surface area contributed by atoms with E-state index in [1.54, 1.807) is 12.4 Å². The Morgan fingerprint density at radius 3 is 2.70 bits per heavy atom. The number of pyridine rings is 1. The zero-order chi connectivity index (χ0) is 13.8. The zero-order valence-corrected chi connectivity index (χ0v) is 10.9. The van der Waals surface area contributed by atoms with Gasteiger partial charge in [-0.3, -0.25) is 9.78 Å². The molecule has 20 heavy (non-hydrogen) atoms. The van der Waals surface area contributed by atoms with Crippen molar-refractivity contribution in [3.05, 3.63) is 72.6 Å². The number of aromatic nitrogens is 1. The largest absolute Gasteiger partial charge is 0.378 e. The number of carbonyl (C=O) groups is 1. The molecular formula is C17H14N2O. The second-order valence-corrected chi connectivity index (χ2v) is 4.55. The van der Waals surface area contributed by atoms with Crippen LogP contribution in [-0.4, -0.2) is 17.3 Å². The van der Waals surface area contributed by atoms with Crippen LogP contribution >= 0.6 is 0 Å². The number of fused-ring (bicyclic) bond motifs is 1. The first-order chi connectivity index (χ1) is 9.84. The lowest BCUT2D eigenvalue weighted by Crippen LogP contribution is -2.14. The summed E-state index contributed by atoms with van der Waals surface area (Å²) in [6, 6.07) is 17.4. The van der Waals surface area contributed by atoms with Gasteiger partial charge in [-0.2, -0.15) is 0 Å². The smallest absolute Gasteiger partial charge is 0.182 e. The number of hydrogen-bond donors (Lipinski definition) is 1. The van der Waals surface area contributed by atoms with Crippen molar-refractivity contribution in [2.45, 2.75) is 0 Å². The molecule has 3 heteroatoms. The fourth-order valence-electron chi connectivity index (χ4n) is 2.19. The van der Waals surface area contributed by atoms with Crippen LogP contribution in [0, 0.1) is 0 Å². The molecule has 0 radical (unpaired) electrons. The number of hydrogen-bond acceptors (Lipinski definition) is 3. The first kappa shape index (κ1) is 12.4. The summed E-state index contributed by atoms with van der Waals surface area (Å²) in [6.45, 7) is 0.276. The third kappa shape index (κ3) is 2.52. The van der Waals surface area contributed by atoms with Crippen LogP contribution in [0.3, 0.4) is 0 Å². The van der Waals surface area contributed by atoms with Gasteiger partial charge < -0.3 is 5.32 Å². The van der Waals surface area contributed by atoms with Gasteiger partial charge in [0.1, 0.15) is 0 Å². The second kappa shape index (κ2) is 5.53. The fourth-order valence-corrected chi connectivity index (χ4v) is 2.19. The highest BCUT2D eigenvalue weighted by Gasteiger charge is 2.09. The Balaban J connectivity index is 1.82. The molecule has 98 valence electrons. The molecule has 0 fully saturated rings. The van der Waals surface area contributed by atoms with E-state index in [0.717, 1.165) is 16.5 Å². The summed E-state index contributed by atoms with van der Waals surface area (Å²) < 4.78 is 0. The SMILES string of the molecule is O=C(CNc1ccccc1)c1cccc2ccncc12. The minimum Gasteiger partial charge on any atom is -0.378 e. The van der Waals surface area contributed by atoms with Gasteiger partial charge in [0, 0.05) is 29.0 Å². The molecule has 3 aromatic rings. The molecule has 0 spiro atoms. The second-order valence-electron chi connectivity index (χ2n) is 4.55. The van der Waals surface area contributed by atoms with Gasteiger partial charge in [0.15, 0.2) is 5.78 Å². The quantitative estimate of drug-likeness (QED) is 0.731. The number of carbonyl (C=O) groups excluding carboxylic acids is 1. The predicted octanol–water partition coefficient (Wildman–Crippen LogP) is 3.53. The number of anilines is 1. The molecule has 0 saturated carbocycles. The van der Waals surface area contributed by atoms with Crippen molar-refractivity contribution in [1.29, 1.82) is 0 Å². The van der Waals surface area contributed by atoms with Crippen LogP contribution in [0.2, 0.25) is 0 Å². The Bertz CT molecular complexity index is 733. The van der Waals surface area contributed by atoms with Crippen molar-refractivity contribution in [2.24, 2.45) is 0 Å². The van der Waals surface area contributed by atoms with Gasteiger partial charge in [0.2, 0.25) is 0 Å². The first-order valence-corrected chi connectivity index (χ1v) is 6.49. The van der Waals surface area contributed by atoms with Crippen molar-refractivity contribution in [2.75, 3.05) is 11.9 Å². The molecule has 3 rings (SSSR count). The highest BCUT2D eigenvalue weighted by molar-refractivity contribution is 6.09. The topological polar surface area (TPSA) is 42.0 Å². The number of ketones is 1. The van der Waals surface area contributed by atoms with E-state index in [1.807, 2.05) is 54.6 Å². The summed E-state index contributed by atoms with van der Waals surface area (Å²) in [5.41, 5.74) is 1.65. The molecule has 1 N–H and O–H groups in total. The number of para-hydroxylation sites is 1. The van der Waals surface area contributed by atoms with Gasteiger partial charge >= 0.3 is 0 Å². The van der Waals surface area contributed by atoms with E-state index >= 15 is 0 Å². The number of nitrogens with one attached hydrogen (secondary N) is 1. The van der Waals surface area contributed by atoms with Crippen molar-refractivity contribution in [3.8, 4) is 0 Å². The summed E-state index contributed by atoms with van der Waals surface area (Å²) in [7, 11) is 0. The molecule has 1 aromatic heterocycles. The maximum Gasteiger partial charge on any atom is 0.182 e. The third-order valence-electron chi connectivity index (χ3n) is 3.21. The van der Waals surface area contributed by atoms with Gasteiger partial charge in [0.25, 0.3) is 0 Å². The number of nitrogens with zero attached hydrogens (tertiary/aromatic N) is 1. The van der Waals surface area contributed by atoms with E-state index in [9.17, 15) is 4.79 Å². The van der Waals surface area contributed by atoms with Crippen molar-refractivity contribution in [1.82, 2.24) is 4.98 Å². The third-order valence-corrected chi connectivity index (χ3v) is 3.21. The van der Waals surface area contributed by atoms with Gasteiger partial charge in [-0.15, -0.1) is 0 Å². The van der Waals surface area contributed by atoms with E-state index in [2.05, 4.69) is 10.3 Å². The van der Waals surface area contributed by atoms with Crippen LogP contribution in [0.1, 0.15) is 10.4 Å². The maximum atomic E-state index is 12.3. The highest BCUT2D eigenvalue weighted by Crippen LogP contribution is 2.18. The average molecular weight is 262 g/mol. The van der Waals surface area contributed by atoms with Crippen LogP contribution in [-0.2, 0) is 0 Å². The lowest BCUT2D eigenvalue weighted by Gasteiger charge is -2.07. The first-order valence-electron chi connectivity index (χ1n) is 6.49. The van der Waals surface area contributed by atoms with Gasteiger partial charge in [-0.05, 0) is 23.6 Å². The van der Waals surface area contributed by atoms with E-state index in [1.165, 1.54) is 0 Å². The van der Waals surface area contributed by atoms with Crippen molar-refractivity contribution in [3.63, 3.8) is 0 Å². The van der Waals surface area contributed by atoms with Crippen LogP contribution < -0.4 is 5.32 Å². The number of Topliss-reactive ketones (excluding diaryl/α,β-unsaturated/α-hetero) is 1. The van der Waals surface area contributed by atoms with E-state index in [-0.39, 0.29) is 12.3 Å². The van der Waals surface area contributed by atoms with Gasteiger partial charge in [-0.25, -0.2) is 0 Å². The predicted molar refractivity (Wildman–Crippen MR) is 81.0 cm³/mol. The van der Waals surface area contributed by atoms with Crippen LogP contribution in [0.4, 0.5) is 5.69 Å². The summed E-state index contributed by atoms with van der Waals surface area (Å²) >= 11 is 0. The fraction of sp³-hybridized carbons (Fsp3) is 0.0588. The number of rotatable bonds is 4. The lowest BCUT2D eigenvalue weighted by atomic mass is 10.0. The Morgan fingerprint density at radius 1 is 1.00 bits per heavy atom. The van der Waals surface area contributed by atoms with Gasteiger partial charge in [-0.1, -0.05) is 36.4 Å². The molecule has 0 bridgehead atoms. The van der Waals surface area contributed by atoms with Crippen LogP contribution in [0.15, 0.2) is 67.0 Å². The Morgan fingerprint density at radius 2 is 1.85 bits per heavy atom. The zero-order valence-electron chi connectivity index (χ0n) is 10.9. The van der Waals surface area contributed by atoms with Gasteiger partial charge in [0.05, 0.1) is 6.54 Å². The van der Waals surface area contributed by atoms with Crippen LogP contribution in [0.5, 0.6) is 0 Å². The number of benzene rings is 2. The molecule has 0 aliphatic carbocycles. The van der Waals surface area contributed by atoms with E-state index in [4.69, 9.17) is 0 Å². The average Bonchev–Trinajstić information content (AvgIpc) is 2.53.